The van der Waals surface area contributed by atoms with E-state index in [0.717, 1.165) is 0 Å². The highest BCUT2D eigenvalue weighted by Gasteiger charge is 2.38. The number of aromatic nitrogens is 5. The number of aromatic amines is 1. The van der Waals surface area contributed by atoms with Gasteiger partial charge in [0.15, 0.2) is 5.03 Å². The fourth-order valence-corrected chi connectivity index (χ4v) is 3.93. The Kier molecular flexibility index (Phi) is 4.99. The first-order chi connectivity index (χ1) is 13.6. The Morgan fingerprint density at radius 3 is 2.34 bits per heavy atom. The molecule has 3 rings (SSSR count). The summed E-state index contributed by atoms with van der Waals surface area (Å²) >= 11 is 0. The van der Waals surface area contributed by atoms with Gasteiger partial charge in [-0.15, -0.1) is 4.31 Å². The number of carbonyl (C=O) groups excluding carboxylic acids is 1. The number of urea groups is 1. The number of amides is 2. The number of hydrogen-bond acceptors (Lipinski definition) is 8. The summed E-state index contributed by atoms with van der Waals surface area (Å²) in [6.07, 6.45) is 1.39. The van der Waals surface area contributed by atoms with Gasteiger partial charge in [-0.1, -0.05) is 6.07 Å². The van der Waals surface area contributed by atoms with E-state index in [1.165, 1.54) is 12.3 Å². The third kappa shape index (κ3) is 3.62. The lowest BCUT2D eigenvalue weighted by atomic mass is 10.2. The lowest BCUT2D eigenvalue weighted by Gasteiger charge is -2.18. The van der Waals surface area contributed by atoms with Crippen molar-refractivity contribution in [2.24, 2.45) is 5.73 Å². The van der Waals surface area contributed by atoms with E-state index in [1.807, 2.05) is 0 Å². The van der Waals surface area contributed by atoms with Gasteiger partial charge in [-0.2, -0.15) is 13.5 Å². The normalized spacial score (nSPS) is 11.2. The van der Waals surface area contributed by atoms with E-state index in [2.05, 4.69) is 25.1 Å². The Morgan fingerprint density at radius 1 is 1.17 bits per heavy atom. The van der Waals surface area contributed by atoms with Gasteiger partial charge in [-0.3, -0.25) is 10.1 Å². The second-order valence-electron chi connectivity index (χ2n) is 5.85. The standard InChI is InChI=1S/C16H15N7O5S/c1-8-7-9(2)20-16(19-8)23(15(17)26)29(27,28)13-11(14(24)25)12(21-22-13)10-5-3-4-6-18-10/h3-7H,1-2H3,(H2,17,26)(H,21,22)(H,24,25). The summed E-state index contributed by atoms with van der Waals surface area (Å²) in [4.78, 5) is 35.7. The molecule has 0 atom stereocenters. The van der Waals surface area contributed by atoms with Crippen molar-refractivity contribution in [2.75, 3.05) is 4.31 Å². The van der Waals surface area contributed by atoms with Crippen molar-refractivity contribution in [2.45, 2.75) is 18.9 Å². The van der Waals surface area contributed by atoms with Gasteiger partial charge in [0.05, 0.1) is 5.69 Å². The zero-order valence-corrected chi connectivity index (χ0v) is 16.0. The van der Waals surface area contributed by atoms with Crippen LogP contribution in [-0.2, 0) is 10.0 Å². The number of nitrogens with two attached hydrogens (primary N) is 1. The van der Waals surface area contributed by atoms with Crippen LogP contribution in [0.15, 0.2) is 35.5 Å². The largest absolute Gasteiger partial charge is 0.478 e. The quantitative estimate of drug-likeness (QED) is 0.541. The molecule has 3 heterocycles. The molecule has 29 heavy (non-hydrogen) atoms. The van der Waals surface area contributed by atoms with E-state index in [9.17, 15) is 23.1 Å². The summed E-state index contributed by atoms with van der Waals surface area (Å²) in [7, 11) is -4.84. The van der Waals surface area contributed by atoms with E-state index < -0.39 is 38.6 Å². The minimum atomic E-state index is -4.84. The second-order valence-corrected chi connectivity index (χ2v) is 7.58. The summed E-state index contributed by atoms with van der Waals surface area (Å²) in [5.74, 6) is -2.11. The molecule has 3 aromatic heterocycles. The predicted molar refractivity (Wildman–Crippen MR) is 99.5 cm³/mol. The summed E-state index contributed by atoms with van der Waals surface area (Å²) in [6, 6.07) is 4.78. The molecule has 0 fully saturated rings. The molecule has 0 aliphatic carbocycles. The van der Waals surface area contributed by atoms with Crippen molar-refractivity contribution in [1.82, 2.24) is 25.1 Å². The van der Waals surface area contributed by atoms with Crippen LogP contribution in [0.5, 0.6) is 0 Å². The summed E-state index contributed by atoms with van der Waals surface area (Å²) in [5, 5.41) is 14.7. The molecular formula is C16H15N7O5S. The number of sulfonamides is 1. The molecule has 150 valence electrons. The van der Waals surface area contributed by atoms with Crippen molar-refractivity contribution in [3.63, 3.8) is 0 Å². The highest BCUT2D eigenvalue weighted by atomic mass is 32.2. The molecule has 0 aromatic carbocycles. The molecule has 13 heteroatoms. The van der Waals surface area contributed by atoms with Gasteiger partial charge >= 0.3 is 12.0 Å². The van der Waals surface area contributed by atoms with Crippen LogP contribution in [0.2, 0.25) is 0 Å². The van der Waals surface area contributed by atoms with Crippen LogP contribution in [0, 0.1) is 13.8 Å². The van der Waals surface area contributed by atoms with E-state index in [1.54, 1.807) is 32.0 Å². The number of H-pyrrole nitrogens is 1. The van der Waals surface area contributed by atoms with Crippen LogP contribution in [0.1, 0.15) is 21.7 Å². The molecule has 0 bridgehead atoms. The maximum absolute atomic E-state index is 13.2. The Hall–Kier alpha value is -3.87. The van der Waals surface area contributed by atoms with Gasteiger partial charge in [0.1, 0.15) is 11.3 Å². The molecule has 0 radical (unpaired) electrons. The number of anilines is 1. The molecular weight excluding hydrogens is 402 g/mol. The molecule has 12 nitrogen and oxygen atoms in total. The number of nitrogens with one attached hydrogen (secondary N) is 1. The maximum Gasteiger partial charge on any atom is 0.341 e. The lowest BCUT2D eigenvalue weighted by molar-refractivity contribution is 0.0693. The fourth-order valence-electron chi connectivity index (χ4n) is 2.61. The smallest absolute Gasteiger partial charge is 0.341 e. The van der Waals surface area contributed by atoms with Gasteiger partial charge in [0.25, 0.3) is 10.0 Å². The average Bonchev–Trinajstić information content (AvgIpc) is 3.07. The van der Waals surface area contributed by atoms with Gasteiger partial charge in [-0.25, -0.2) is 19.6 Å². The third-order valence-corrected chi connectivity index (χ3v) is 5.34. The molecule has 4 N–H and O–H groups in total. The number of aryl methyl sites for hydroxylation is 2. The van der Waals surface area contributed by atoms with Crippen LogP contribution >= 0.6 is 0 Å². The number of hydrogen-bond donors (Lipinski definition) is 3. The van der Waals surface area contributed by atoms with Crippen molar-refractivity contribution in [1.29, 1.82) is 0 Å². The predicted octanol–water partition coefficient (Wildman–Crippen LogP) is 0.851. The zero-order chi connectivity index (χ0) is 21.3. The number of carbonyl (C=O) groups is 2. The summed E-state index contributed by atoms with van der Waals surface area (Å²) < 4.78 is 26.4. The number of rotatable bonds is 5. The van der Waals surface area contributed by atoms with Crippen LogP contribution in [0.3, 0.4) is 0 Å². The number of nitrogens with zero attached hydrogens (tertiary/aromatic N) is 5. The number of primary amides is 1. The van der Waals surface area contributed by atoms with Crippen molar-refractivity contribution in [3.8, 4) is 11.4 Å². The van der Waals surface area contributed by atoms with Crippen LogP contribution < -0.4 is 10.0 Å². The minimum Gasteiger partial charge on any atom is -0.478 e. The molecule has 0 saturated carbocycles. The maximum atomic E-state index is 13.2. The zero-order valence-electron chi connectivity index (χ0n) is 15.2. The second kappa shape index (κ2) is 7.27. The first-order valence-corrected chi connectivity index (χ1v) is 9.47. The molecule has 0 aliphatic heterocycles. The lowest BCUT2D eigenvalue weighted by Crippen LogP contribution is -2.42. The number of carboxylic acid groups (broad SMARTS) is 1. The Labute approximate surface area is 164 Å². The van der Waals surface area contributed by atoms with Crippen molar-refractivity contribution in [3.05, 3.63) is 47.4 Å². The summed E-state index contributed by atoms with van der Waals surface area (Å²) in [6.45, 7) is 3.14. The Balaban J connectivity index is 2.24. The molecule has 0 unspecified atom stereocenters. The summed E-state index contributed by atoms with van der Waals surface area (Å²) in [5.41, 5.74) is 5.24. The van der Waals surface area contributed by atoms with Gasteiger partial charge < -0.3 is 10.8 Å². The number of pyridine rings is 1. The van der Waals surface area contributed by atoms with Gasteiger partial charge in [-0.05, 0) is 32.0 Å². The molecule has 3 aromatic rings. The van der Waals surface area contributed by atoms with E-state index >= 15 is 0 Å². The van der Waals surface area contributed by atoms with Crippen LogP contribution in [0.25, 0.3) is 11.4 Å². The first kappa shape index (κ1) is 19.9. The average molecular weight is 417 g/mol. The molecule has 0 spiro atoms. The third-order valence-electron chi connectivity index (χ3n) is 3.71. The van der Waals surface area contributed by atoms with E-state index in [4.69, 9.17) is 5.73 Å². The number of aromatic carboxylic acids is 1. The fraction of sp³-hybridized carbons (Fsp3) is 0.125. The monoisotopic (exact) mass is 417 g/mol. The topological polar surface area (TPSA) is 185 Å². The van der Waals surface area contributed by atoms with E-state index in [-0.39, 0.29) is 15.7 Å². The molecule has 2 amide bonds. The first-order valence-electron chi connectivity index (χ1n) is 8.03. The van der Waals surface area contributed by atoms with Crippen molar-refractivity contribution >= 4 is 28.0 Å². The molecule has 0 saturated heterocycles. The molecule has 0 aliphatic rings. The van der Waals surface area contributed by atoms with E-state index in [0.29, 0.717) is 11.4 Å². The highest BCUT2D eigenvalue weighted by Crippen LogP contribution is 2.28. The Bertz CT molecular complexity index is 1190. The highest BCUT2D eigenvalue weighted by molar-refractivity contribution is 7.93. The van der Waals surface area contributed by atoms with Gasteiger partial charge in [0.2, 0.25) is 5.95 Å². The number of carboxylic acids is 1. The SMILES string of the molecule is Cc1cc(C)nc(N(C(N)=O)S(=O)(=O)c2[nH]nc(-c3ccccn3)c2C(=O)O)n1. The van der Waals surface area contributed by atoms with Crippen molar-refractivity contribution < 1.29 is 23.1 Å². The minimum absolute atomic E-state index is 0.120. The van der Waals surface area contributed by atoms with Gasteiger partial charge in [0, 0.05) is 17.6 Å². The Morgan fingerprint density at radius 2 is 1.83 bits per heavy atom. The van der Waals surface area contributed by atoms with Crippen LogP contribution in [0.4, 0.5) is 10.7 Å². The van der Waals surface area contributed by atoms with Crippen LogP contribution in [-0.4, -0.2) is 50.7 Å².